The zero-order valence-corrected chi connectivity index (χ0v) is 14.4. The van der Waals surface area contributed by atoms with E-state index < -0.39 is 5.60 Å². The molecule has 0 saturated carbocycles. The van der Waals surface area contributed by atoms with Gasteiger partial charge in [-0.2, -0.15) is 0 Å². The molecule has 0 radical (unpaired) electrons. The van der Waals surface area contributed by atoms with E-state index in [0.29, 0.717) is 5.56 Å². The van der Waals surface area contributed by atoms with E-state index in [-0.39, 0.29) is 18.4 Å². The van der Waals surface area contributed by atoms with Gasteiger partial charge in [-0.15, -0.1) is 0 Å². The maximum atomic E-state index is 12.3. The molecule has 0 amide bonds. The van der Waals surface area contributed by atoms with Gasteiger partial charge in [-0.25, -0.2) is 4.79 Å². The Morgan fingerprint density at radius 3 is 2.24 bits per heavy atom. The quantitative estimate of drug-likeness (QED) is 0.575. The van der Waals surface area contributed by atoms with Gasteiger partial charge in [0.25, 0.3) is 0 Å². The second kappa shape index (κ2) is 9.03. The predicted molar refractivity (Wildman–Crippen MR) is 81.1 cm³/mol. The SMILES string of the molecule is CCC(CN(C)C)(C[NH+](C)C)OC(=O)c1ccccc1.[Cl-]. The summed E-state index contributed by atoms with van der Waals surface area (Å²) in [5, 5.41) is 0. The van der Waals surface area contributed by atoms with Crippen molar-refractivity contribution in [2.45, 2.75) is 18.9 Å². The van der Waals surface area contributed by atoms with Gasteiger partial charge in [-0.1, -0.05) is 25.1 Å². The van der Waals surface area contributed by atoms with Crippen LogP contribution in [0.5, 0.6) is 0 Å². The Hall–Kier alpha value is -1.10. The lowest BCUT2D eigenvalue weighted by molar-refractivity contribution is -0.865. The molecule has 0 heterocycles. The zero-order valence-electron chi connectivity index (χ0n) is 13.6. The van der Waals surface area contributed by atoms with Crippen molar-refractivity contribution in [1.82, 2.24) is 4.90 Å². The molecular weight excluding hydrogens is 288 g/mol. The number of likely N-dealkylation sites (N-methyl/N-ethyl adjacent to an activating group) is 2. The van der Waals surface area contributed by atoms with Crippen LogP contribution in [0.1, 0.15) is 23.7 Å². The number of ether oxygens (including phenoxy) is 1. The third-order valence-corrected chi connectivity index (χ3v) is 3.24. The van der Waals surface area contributed by atoms with Gasteiger partial charge in [0.1, 0.15) is 6.54 Å². The zero-order chi connectivity index (χ0) is 15.2. The molecule has 5 heteroatoms. The molecule has 1 rings (SSSR count). The number of carbonyl (C=O) groups excluding carboxylic acids is 1. The van der Waals surface area contributed by atoms with Crippen molar-refractivity contribution in [3.05, 3.63) is 35.9 Å². The minimum atomic E-state index is -0.449. The highest BCUT2D eigenvalue weighted by atomic mass is 35.5. The lowest BCUT2D eigenvalue weighted by Gasteiger charge is -2.35. The second-order valence-electron chi connectivity index (χ2n) is 5.91. The maximum absolute atomic E-state index is 12.3. The Labute approximate surface area is 134 Å². The van der Waals surface area contributed by atoms with E-state index in [1.54, 1.807) is 12.1 Å². The number of halogens is 1. The van der Waals surface area contributed by atoms with Crippen LogP contribution in [0.25, 0.3) is 0 Å². The Morgan fingerprint density at radius 2 is 1.81 bits per heavy atom. The Morgan fingerprint density at radius 1 is 1.24 bits per heavy atom. The van der Waals surface area contributed by atoms with Crippen molar-refractivity contribution in [3.8, 4) is 0 Å². The van der Waals surface area contributed by atoms with Gasteiger partial charge in [0.05, 0.1) is 19.7 Å². The van der Waals surface area contributed by atoms with Crippen LogP contribution in [0.4, 0.5) is 0 Å². The number of quaternary nitrogens is 1. The molecule has 1 aromatic rings. The number of nitrogens with zero attached hydrogens (tertiary/aromatic N) is 1. The van der Waals surface area contributed by atoms with Gasteiger partial charge < -0.3 is 26.9 Å². The Kier molecular flexibility index (Phi) is 8.55. The van der Waals surface area contributed by atoms with Crippen molar-refractivity contribution < 1.29 is 26.8 Å². The van der Waals surface area contributed by atoms with Gasteiger partial charge in [0.2, 0.25) is 0 Å². The van der Waals surface area contributed by atoms with E-state index >= 15 is 0 Å². The van der Waals surface area contributed by atoms with E-state index in [1.165, 1.54) is 4.90 Å². The smallest absolute Gasteiger partial charge is 0.338 e. The third-order valence-electron chi connectivity index (χ3n) is 3.24. The molecule has 21 heavy (non-hydrogen) atoms. The van der Waals surface area contributed by atoms with Crippen molar-refractivity contribution >= 4 is 5.97 Å². The fourth-order valence-electron chi connectivity index (χ4n) is 2.48. The molecule has 0 saturated heterocycles. The lowest BCUT2D eigenvalue weighted by Crippen LogP contribution is -3.08. The molecule has 1 N–H and O–H groups in total. The first-order chi connectivity index (χ1) is 9.38. The number of hydrogen-bond acceptors (Lipinski definition) is 3. The van der Waals surface area contributed by atoms with Crippen LogP contribution in [0.3, 0.4) is 0 Å². The fourth-order valence-corrected chi connectivity index (χ4v) is 2.48. The highest BCUT2D eigenvalue weighted by Crippen LogP contribution is 2.18. The molecule has 0 spiro atoms. The molecule has 4 nitrogen and oxygen atoms in total. The molecular formula is C16H27ClN2O2. The number of rotatable bonds is 7. The summed E-state index contributed by atoms with van der Waals surface area (Å²) in [6, 6.07) is 9.19. The van der Waals surface area contributed by atoms with E-state index in [2.05, 4.69) is 25.9 Å². The standard InChI is InChI=1S/C16H26N2O2.ClH/c1-6-16(12-17(2)3,13-18(4)5)20-15(19)14-10-8-7-9-11-14;/h7-11H,6,12-13H2,1-5H3;1H. The average Bonchev–Trinajstić information content (AvgIpc) is 2.38. The number of carbonyl (C=O) groups is 1. The van der Waals surface area contributed by atoms with Crippen LogP contribution in [-0.4, -0.2) is 57.8 Å². The molecule has 120 valence electrons. The summed E-state index contributed by atoms with van der Waals surface area (Å²) in [5.74, 6) is -0.240. The summed E-state index contributed by atoms with van der Waals surface area (Å²) in [6.45, 7) is 3.60. The molecule has 0 fully saturated rings. The minimum absolute atomic E-state index is 0. The molecule has 0 aromatic heterocycles. The summed E-state index contributed by atoms with van der Waals surface area (Å²) in [7, 11) is 8.17. The summed E-state index contributed by atoms with van der Waals surface area (Å²) >= 11 is 0. The van der Waals surface area contributed by atoms with Crippen LogP contribution >= 0.6 is 0 Å². The fraction of sp³-hybridized carbons (Fsp3) is 0.562. The average molecular weight is 315 g/mol. The summed E-state index contributed by atoms with van der Waals surface area (Å²) in [5.41, 5.74) is 0.160. The van der Waals surface area contributed by atoms with Gasteiger partial charge in [-0.3, -0.25) is 0 Å². The first-order valence-corrected chi connectivity index (χ1v) is 7.11. The first-order valence-electron chi connectivity index (χ1n) is 7.11. The summed E-state index contributed by atoms with van der Waals surface area (Å²) < 4.78 is 5.89. The van der Waals surface area contributed by atoms with Crippen molar-refractivity contribution in [1.29, 1.82) is 0 Å². The van der Waals surface area contributed by atoms with Crippen molar-refractivity contribution in [2.75, 3.05) is 41.3 Å². The molecule has 1 aromatic carbocycles. The molecule has 0 aliphatic heterocycles. The summed E-state index contributed by atoms with van der Waals surface area (Å²) in [4.78, 5) is 15.7. The molecule has 0 aliphatic rings. The van der Waals surface area contributed by atoms with Crippen LogP contribution in [0, 0.1) is 0 Å². The largest absolute Gasteiger partial charge is 1.00 e. The van der Waals surface area contributed by atoms with Gasteiger partial charge in [0, 0.05) is 6.54 Å². The van der Waals surface area contributed by atoms with Crippen LogP contribution in [-0.2, 0) is 4.74 Å². The van der Waals surface area contributed by atoms with Crippen LogP contribution in [0.2, 0.25) is 0 Å². The minimum Gasteiger partial charge on any atom is -1.00 e. The van der Waals surface area contributed by atoms with E-state index in [0.717, 1.165) is 19.5 Å². The van der Waals surface area contributed by atoms with Crippen molar-refractivity contribution in [3.63, 3.8) is 0 Å². The van der Waals surface area contributed by atoms with Crippen molar-refractivity contribution in [2.24, 2.45) is 0 Å². The number of nitrogens with one attached hydrogen (secondary N) is 1. The Bertz CT molecular complexity index is 412. The van der Waals surface area contributed by atoms with Gasteiger partial charge in [-0.05, 0) is 32.6 Å². The predicted octanol–water partition coefficient (Wildman–Crippen LogP) is -2.30. The number of hydrogen-bond donors (Lipinski definition) is 1. The number of esters is 1. The maximum Gasteiger partial charge on any atom is 0.338 e. The Balaban J connectivity index is 0.00000400. The van der Waals surface area contributed by atoms with E-state index in [9.17, 15) is 4.79 Å². The first kappa shape index (κ1) is 19.9. The second-order valence-corrected chi connectivity index (χ2v) is 5.91. The lowest BCUT2D eigenvalue weighted by atomic mass is 9.99. The highest BCUT2D eigenvalue weighted by molar-refractivity contribution is 5.89. The summed E-state index contributed by atoms with van der Waals surface area (Å²) in [6.07, 6.45) is 0.801. The van der Waals surface area contributed by atoms with E-state index in [1.807, 2.05) is 32.3 Å². The number of benzene rings is 1. The topological polar surface area (TPSA) is 34.0 Å². The van der Waals surface area contributed by atoms with Gasteiger partial charge >= 0.3 is 5.97 Å². The van der Waals surface area contributed by atoms with E-state index in [4.69, 9.17) is 4.74 Å². The van der Waals surface area contributed by atoms with Gasteiger partial charge in [0.15, 0.2) is 5.60 Å². The highest BCUT2D eigenvalue weighted by Gasteiger charge is 2.36. The normalized spacial score (nSPS) is 13.7. The monoisotopic (exact) mass is 314 g/mol. The molecule has 1 unspecified atom stereocenters. The molecule has 0 bridgehead atoms. The molecule has 0 aliphatic carbocycles. The third kappa shape index (κ3) is 6.46. The molecule has 1 atom stereocenters. The van der Waals surface area contributed by atoms with Crippen LogP contribution in [0.15, 0.2) is 30.3 Å². The van der Waals surface area contributed by atoms with Crippen LogP contribution < -0.4 is 17.3 Å².